The average Bonchev–Trinajstić information content (AvgIpc) is 2.58. The van der Waals surface area contributed by atoms with E-state index in [1.807, 2.05) is 42.5 Å². The standard InChI is InChI=1S/C18H19ClN2O2S2/c1-21(2)18(23)25-16-6-4-3-5-15(16)20-17(22)11-12-24-14-9-7-13(19)8-10-14/h3-10H,11-12H2,1-2H3,(H,20,22). The molecule has 1 N–H and O–H groups in total. The van der Waals surface area contributed by atoms with E-state index in [0.717, 1.165) is 21.6 Å². The number of carbonyl (C=O) groups is 2. The number of hydrogen-bond donors (Lipinski definition) is 1. The first-order chi connectivity index (χ1) is 12.0. The molecule has 0 unspecified atom stereocenters. The van der Waals surface area contributed by atoms with Gasteiger partial charge in [-0.05, 0) is 48.2 Å². The minimum absolute atomic E-state index is 0.0770. The fraction of sp³-hybridized carbons (Fsp3) is 0.222. The predicted molar refractivity (Wildman–Crippen MR) is 107 cm³/mol. The number of anilines is 1. The van der Waals surface area contributed by atoms with Gasteiger partial charge in [-0.2, -0.15) is 0 Å². The molecule has 0 heterocycles. The first-order valence-electron chi connectivity index (χ1n) is 7.62. The molecule has 0 saturated carbocycles. The summed E-state index contributed by atoms with van der Waals surface area (Å²) < 4.78 is 0. The molecule has 0 atom stereocenters. The van der Waals surface area contributed by atoms with Gasteiger partial charge in [0.15, 0.2) is 0 Å². The summed E-state index contributed by atoms with van der Waals surface area (Å²) in [7, 11) is 3.40. The molecule has 7 heteroatoms. The molecule has 2 aromatic carbocycles. The third kappa shape index (κ3) is 6.65. The predicted octanol–water partition coefficient (Wildman–Crippen LogP) is 5.23. The lowest BCUT2D eigenvalue weighted by Gasteiger charge is -2.13. The minimum Gasteiger partial charge on any atom is -0.339 e. The molecule has 0 aliphatic rings. The van der Waals surface area contributed by atoms with Crippen molar-refractivity contribution >= 4 is 52.0 Å². The minimum atomic E-state index is -0.0833. The summed E-state index contributed by atoms with van der Waals surface area (Å²) in [5.74, 6) is 0.589. The van der Waals surface area contributed by atoms with E-state index in [9.17, 15) is 9.59 Å². The first kappa shape index (κ1) is 19.7. The topological polar surface area (TPSA) is 49.4 Å². The van der Waals surface area contributed by atoms with Gasteiger partial charge in [0.1, 0.15) is 0 Å². The molecule has 2 rings (SSSR count). The van der Waals surface area contributed by atoms with Gasteiger partial charge in [0.2, 0.25) is 5.91 Å². The van der Waals surface area contributed by atoms with E-state index in [0.29, 0.717) is 22.9 Å². The van der Waals surface area contributed by atoms with Crippen molar-refractivity contribution < 1.29 is 9.59 Å². The van der Waals surface area contributed by atoms with Crippen molar-refractivity contribution in [2.75, 3.05) is 25.2 Å². The number of amides is 2. The van der Waals surface area contributed by atoms with Crippen LogP contribution in [0.4, 0.5) is 10.5 Å². The van der Waals surface area contributed by atoms with Crippen LogP contribution in [0.2, 0.25) is 5.02 Å². The lowest BCUT2D eigenvalue weighted by molar-refractivity contribution is -0.115. The van der Waals surface area contributed by atoms with Gasteiger partial charge in [0.25, 0.3) is 5.24 Å². The fourth-order valence-corrected chi connectivity index (χ4v) is 3.57. The number of halogens is 1. The molecule has 0 radical (unpaired) electrons. The quantitative estimate of drug-likeness (QED) is 0.681. The van der Waals surface area contributed by atoms with Crippen LogP contribution in [-0.2, 0) is 4.79 Å². The van der Waals surface area contributed by atoms with Gasteiger partial charge in [0.05, 0.1) is 5.69 Å². The van der Waals surface area contributed by atoms with Gasteiger partial charge in [0, 0.05) is 41.1 Å². The number of nitrogens with zero attached hydrogens (tertiary/aromatic N) is 1. The Morgan fingerprint density at radius 3 is 2.44 bits per heavy atom. The molecule has 0 aliphatic heterocycles. The highest BCUT2D eigenvalue weighted by Gasteiger charge is 2.12. The van der Waals surface area contributed by atoms with Gasteiger partial charge in [-0.15, -0.1) is 11.8 Å². The van der Waals surface area contributed by atoms with Crippen LogP contribution < -0.4 is 5.32 Å². The van der Waals surface area contributed by atoms with E-state index in [2.05, 4.69) is 5.32 Å². The van der Waals surface area contributed by atoms with Gasteiger partial charge >= 0.3 is 0 Å². The molecule has 0 spiro atoms. The highest BCUT2D eigenvalue weighted by molar-refractivity contribution is 8.13. The molecule has 132 valence electrons. The first-order valence-corrected chi connectivity index (χ1v) is 9.80. The number of rotatable bonds is 6. The summed E-state index contributed by atoms with van der Waals surface area (Å²) in [5.41, 5.74) is 0.657. The van der Waals surface area contributed by atoms with Crippen LogP contribution in [0, 0.1) is 0 Å². The fourth-order valence-electron chi connectivity index (χ4n) is 1.85. The molecule has 2 aromatic rings. The van der Waals surface area contributed by atoms with Gasteiger partial charge < -0.3 is 10.2 Å². The summed E-state index contributed by atoms with van der Waals surface area (Å²) >= 11 is 8.55. The Labute approximate surface area is 161 Å². The Kier molecular flexibility index (Phi) is 7.68. The van der Waals surface area contributed by atoms with Crippen molar-refractivity contribution in [3.8, 4) is 0 Å². The summed E-state index contributed by atoms with van der Waals surface area (Å²) in [6.45, 7) is 0. The SMILES string of the molecule is CN(C)C(=O)Sc1ccccc1NC(=O)CCSc1ccc(Cl)cc1. The van der Waals surface area contributed by atoms with E-state index < -0.39 is 0 Å². The van der Waals surface area contributed by atoms with Crippen LogP contribution in [0.15, 0.2) is 58.3 Å². The number of hydrogen-bond acceptors (Lipinski definition) is 4. The summed E-state index contributed by atoms with van der Waals surface area (Å²) in [5, 5.41) is 3.50. The van der Waals surface area contributed by atoms with Crippen molar-refractivity contribution in [3.63, 3.8) is 0 Å². The van der Waals surface area contributed by atoms with E-state index in [-0.39, 0.29) is 11.1 Å². The second-order valence-electron chi connectivity index (χ2n) is 5.36. The van der Waals surface area contributed by atoms with E-state index in [1.165, 1.54) is 4.90 Å². The molecule has 4 nitrogen and oxygen atoms in total. The van der Waals surface area contributed by atoms with Crippen molar-refractivity contribution in [2.24, 2.45) is 0 Å². The number of carbonyl (C=O) groups excluding carboxylic acids is 2. The van der Waals surface area contributed by atoms with Crippen LogP contribution in [0.3, 0.4) is 0 Å². The van der Waals surface area contributed by atoms with Crippen LogP contribution in [0.25, 0.3) is 0 Å². The zero-order chi connectivity index (χ0) is 18.2. The Hall–Kier alpha value is -1.63. The van der Waals surface area contributed by atoms with Crippen molar-refractivity contribution in [3.05, 3.63) is 53.6 Å². The highest BCUT2D eigenvalue weighted by atomic mass is 35.5. The molecule has 0 fully saturated rings. The Morgan fingerprint density at radius 1 is 1.08 bits per heavy atom. The summed E-state index contributed by atoms with van der Waals surface area (Å²) in [4.78, 5) is 27.4. The molecule has 0 aliphatic carbocycles. The summed E-state index contributed by atoms with van der Waals surface area (Å²) in [6.07, 6.45) is 0.383. The van der Waals surface area contributed by atoms with Gasteiger partial charge in [-0.3, -0.25) is 9.59 Å². The normalized spacial score (nSPS) is 10.4. The number of nitrogens with one attached hydrogen (secondary N) is 1. The third-order valence-corrected chi connectivity index (χ3v) is 5.52. The van der Waals surface area contributed by atoms with E-state index >= 15 is 0 Å². The highest BCUT2D eigenvalue weighted by Crippen LogP contribution is 2.29. The molecule has 0 saturated heterocycles. The zero-order valence-electron chi connectivity index (χ0n) is 14.0. The molecular formula is C18H19ClN2O2S2. The van der Waals surface area contributed by atoms with Crippen LogP contribution in [-0.4, -0.2) is 35.9 Å². The Bertz CT molecular complexity index is 736. The van der Waals surface area contributed by atoms with Crippen LogP contribution >= 0.6 is 35.1 Å². The Balaban J connectivity index is 1.87. The van der Waals surface area contributed by atoms with Crippen LogP contribution in [0.1, 0.15) is 6.42 Å². The maximum Gasteiger partial charge on any atom is 0.286 e. The van der Waals surface area contributed by atoms with Gasteiger partial charge in [-0.1, -0.05) is 23.7 Å². The second-order valence-corrected chi connectivity index (χ2v) is 7.96. The maximum absolute atomic E-state index is 12.2. The molecule has 0 aromatic heterocycles. The zero-order valence-corrected chi connectivity index (χ0v) is 16.4. The monoisotopic (exact) mass is 394 g/mol. The van der Waals surface area contributed by atoms with Crippen molar-refractivity contribution in [2.45, 2.75) is 16.2 Å². The molecule has 2 amide bonds. The van der Waals surface area contributed by atoms with E-state index in [4.69, 9.17) is 11.6 Å². The van der Waals surface area contributed by atoms with Crippen molar-refractivity contribution in [1.29, 1.82) is 0 Å². The van der Waals surface area contributed by atoms with Crippen molar-refractivity contribution in [1.82, 2.24) is 4.90 Å². The lowest BCUT2D eigenvalue weighted by Crippen LogP contribution is -2.17. The van der Waals surface area contributed by atoms with Gasteiger partial charge in [-0.25, -0.2) is 0 Å². The number of thioether (sulfide) groups is 2. The second kappa shape index (κ2) is 9.75. The average molecular weight is 395 g/mol. The lowest BCUT2D eigenvalue weighted by atomic mass is 10.3. The smallest absolute Gasteiger partial charge is 0.286 e. The molecule has 0 bridgehead atoms. The third-order valence-electron chi connectivity index (χ3n) is 3.14. The largest absolute Gasteiger partial charge is 0.339 e. The van der Waals surface area contributed by atoms with E-state index in [1.54, 1.807) is 31.9 Å². The number of para-hydroxylation sites is 1. The Morgan fingerprint density at radius 2 is 1.76 bits per heavy atom. The molecular weight excluding hydrogens is 376 g/mol. The van der Waals surface area contributed by atoms with Crippen LogP contribution in [0.5, 0.6) is 0 Å². The maximum atomic E-state index is 12.2. The molecule has 25 heavy (non-hydrogen) atoms. The summed E-state index contributed by atoms with van der Waals surface area (Å²) in [6, 6.07) is 14.8. The number of benzene rings is 2.